The van der Waals surface area contributed by atoms with Crippen molar-refractivity contribution in [1.29, 1.82) is 0 Å². The van der Waals surface area contributed by atoms with Crippen LogP contribution in [0, 0.1) is 0 Å². The second-order valence-corrected chi connectivity index (χ2v) is 19.5. The summed E-state index contributed by atoms with van der Waals surface area (Å²) in [5.74, 6) is 1.83. The Balaban J connectivity index is 0.986. The van der Waals surface area contributed by atoms with Gasteiger partial charge in [0.2, 0.25) is 0 Å². The van der Waals surface area contributed by atoms with E-state index in [4.69, 9.17) is 19.4 Å². The van der Waals surface area contributed by atoms with E-state index in [1.165, 1.54) is 25.0 Å². The number of hydrogen-bond donors (Lipinski definition) is 0. The molecule has 0 atom stereocenters. The van der Waals surface area contributed by atoms with Crippen LogP contribution in [0.4, 0.5) is 0 Å². The van der Waals surface area contributed by atoms with Crippen molar-refractivity contribution in [3.63, 3.8) is 0 Å². The van der Waals surface area contributed by atoms with Gasteiger partial charge in [-0.25, -0.2) is 15.0 Å². The van der Waals surface area contributed by atoms with E-state index in [0.29, 0.717) is 17.5 Å². The Morgan fingerprint density at radius 2 is 0.712 bits per heavy atom. The van der Waals surface area contributed by atoms with Crippen LogP contribution in [0.2, 0.25) is 0 Å². The average Bonchev–Trinajstić information content (AvgIpc) is 3.79. The van der Waals surface area contributed by atoms with E-state index in [0.717, 1.165) is 66.3 Å². The molecule has 2 heterocycles. The smallest absolute Gasteiger partial charge is 0.164 e. The van der Waals surface area contributed by atoms with Gasteiger partial charge in [-0.05, 0) is 94.4 Å². The van der Waals surface area contributed by atoms with Crippen LogP contribution >= 0.6 is 10.0 Å². The first-order valence-corrected chi connectivity index (χ1v) is 23.8. The maximum absolute atomic E-state index is 6.43. The van der Waals surface area contributed by atoms with Gasteiger partial charge < -0.3 is 4.42 Å². The number of nitrogens with zero attached hydrogens (tertiary/aromatic N) is 3. The van der Waals surface area contributed by atoms with Crippen molar-refractivity contribution in [2.75, 3.05) is 0 Å². The predicted molar refractivity (Wildman–Crippen MR) is 272 cm³/mol. The molecule has 5 heteroatoms. The number of fused-ring (bicyclic) bond motifs is 5. The van der Waals surface area contributed by atoms with Crippen LogP contribution in [0.25, 0.3) is 89.1 Å². The van der Waals surface area contributed by atoms with Crippen molar-refractivity contribution >= 4 is 42.7 Å². The summed E-state index contributed by atoms with van der Waals surface area (Å²) in [4.78, 5) is 20.7. The lowest BCUT2D eigenvalue weighted by Gasteiger charge is -2.42. The Hall–Kier alpha value is -8.38. The topological polar surface area (TPSA) is 51.8 Å². The van der Waals surface area contributed by atoms with Crippen LogP contribution in [0.15, 0.2) is 273 Å². The molecule has 312 valence electrons. The fraction of sp³-hybridized carbons (Fsp3) is 0. The van der Waals surface area contributed by atoms with Crippen LogP contribution in [0.1, 0.15) is 0 Å². The Kier molecular flexibility index (Phi) is 9.89. The third-order valence-corrected chi connectivity index (χ3v) is 16.4. The van der Waals surface area contributed by atoms with Crippen molar-refractivity contribution < 1.29 is 4.42 Å². The molecule has 10 aromatic carbocycles. The molecule has 0 unspecified atom stereocenters. The van der Waals surface area contributed by atoms with Gasteiger partial charge in [0.1, 0.15) is 11.2 Å². The van der Waals surface area contributed by atoms with E-state index in [9.17, 15) is 0 Å². The maximum atomic E-state index is 6.43. The Labute approximate surface area is 384 Å². The molecule has 0 aliphatic carbocycles. The van der Waals surface area contributed by atoms with Crippen LogP contribution in [-0.4, -0.2) is 15.0 Å². The molecule has 0 radical (unpaired) electrons. The minimum absolute atomic E-state index is 0.607. The highest BCUT2D eigenvalue weighted by Crippen LogP contribution is 2.73. The summed E-state index contributed by atoms with van der Waals surface area (Å²) in [6.07, 6.45) is 0. The normalized spacial score (nSPS) is 11.9. The molecule has 0 saturated heterocycles. The second kappa shape index (κ2) is 16.6. The quantitative estimate of drug-likeness (QED) is 0.145. The molecule has 0 N–H and O–H groups in total. The van der Waals surface area contributed by atoms with Gasteiger partial charge in [0.25, 0.3) is 0 Å². The molecule has 0 aliphatic rings. The summed E-state index contributed by atoms with van der Waals surface area (Å²) in [7, 11) is -1.94. The minimum atomic E-state index is -1.94. The molecule has 12 rings (SSSR count). The number of aromatic nitrogens is 3. The third kappa shape index (κ3) is 6.94. The zero-order valence-electron chi connectivity index (χ0n) is 35.8. The highest BCUT2D eigenvalue weighted by molar-refractivity contribution is 8.34. The van der Waals surface area contributed by atoms with Crippen molar-refractivity contribution in [2.24, 2.45) is 0 Å². The van der Waals surface area contributed by atoms with E-state index in [2.05, 4.69) is 243 Å². The molecular formula is C61H41N3OS. The first-order valence-electron chi connectivity index (χ1n) is 22.1. The van der Waals surface area contributed by atoms with Crippen LogP contribution in [0.5, 0.6) is 0 Å². The Morgan fingerprint density at radius 1 is 0.273 bits per heavy atom. The lowest BCUT2D eigenvalue weighted by Crippen LogP contribution is -2.06. The Morgan fingerprint density at radius 3 is 1.30 bits per heavy atom. The largest absolute Gasteiger partial charge is 0.455 e. The monoisotopic (exact) mass is 863 g/mol. The SMILES string of the molecule is c1ccc(-c2ccc(-c3nc(-c4ccc(-c5ccc6oc7c8ccccc8ccc7c6c5)cc4)nc(-c4cccc(S(c5ccccc5)(c5ccccc5)c5ccccc5)c4)n3)cc2)cc1. The van der Waals surface area contributed by atoms with Gasteiger partial charge in [-0.1, -0.05) is 182 Å². The standard InChI is InChI=1S/C61H41N3OS/c1-5-16-42(17-6-1)43-28-32-46(33-29-43)59-62-60(47-34-30-44(31-35-47)48-37-39-57-56(41-48)55-38-36-45-18-13-14-27-54(45)58(55)65-57)64-61(63-59)49-19-15-26-53(40-49)66(50-20-7-2-8-21-50,51-22-9-3-10-23-51)52-24-11-4-12-25-52/h1-41H. The van der Waals surface area contributed by atoms with Gasteiger partial charge in [0.15, 0.2) is 17.5 Å². The van der Waals surface area contributed by atoms with Crippen molar-refractivity contribution in [3.05, 3.63) is 249 Å². The molecule has 0 fully saturated rings. The van der Waals surface area contributed by atoms with Crippen LogP contribution in [-0.2, 0) is 0 Å². The zero-order valence-corrected chi connectivity index (χ0v) is 36.6. The van der Waals surface area contributed by atoms with Gasteiger partial charge in [0.05, 0.1) is 0 Å². The zero-order chi connectivity index (χ0) is 43.9. The first-order chi connectivity index (χ1) is 32.7. The summed E-state index contributed by atoms with van der Waals surface area (Å²) in [6.45, 7) is 0. The van der Waals surface area contributed by atoms with Crippen LogP contribution in [0.3, 0.4) is 0 Å². The van der Waals surface area contributed by atoms with Gasteiger partial charge in [-0.15, -0.1) is 10.0 Å². The molecule has 2 aromatic heterocycles. The molecule has 0 spiro atoms. The van der Waals surface area contributed by atoms with Crippen molar-refractivity contribution in [3.8, 4) is 56.4 Å². The van der Waals surface area contributed by atoms with Gasteiger partial charge in [-0.2, -0.15) is 0 Å². The maximum Gasteiger partial charge on any atom is 0.164 e. The molecular weight excluding hydrogens is 823 g/mol. The highest BCUT2D eigenvalue weighted by atomic mass is 32.3. The molecule has 0 saturated carbocycles. The number of hydrogen-bond acceptors (Lipinski definition) is 4. The van der Waals surface area contributed by atoms with E-state index < -0.39 is 10.0 Å². The summed E-state index contributed by atoms with van der Waals surface area (Å²) < 4.78 is 6.43. The molecule has 4 nitrogen and oxygen atoms in total. The fourth-order valence-electron chi connectivity index (χ4n) is 9.22. The number of furan rings is 1. The van der Waals surface area contributed by atoms with E-state index in [-0.39, 0.29) is 0 Å². The van der Waals surface area contributed by atoms with Gasteiger partial charge in [0, 0.05) is 52.4 Å². The number of benzene rings is 10. The summed E-state index contributed by atoms with van der Waals surface area (Å²) in [5.41, 5.74) is 9.03. The molecule has 0 bridgehead atoms. The Bertz CT molecular complexity index is 3570. The molecule has 0 amide bonds. The van der Waals surface area contributed by atoms with Crippen molar-refractivity contribution in [1.82, 2.24) is 15.0 Å². The highest BCUT2D eigenvalue weighted by Gasteiger charge is 2.33. The average molecular weight is 864 g/mol. The molecule has 12 aromatic rings. The van der Waals surface area contributed by atoms with E-state index in [1.54, 1.807) is 0 Å². The summed E-state index contributed by atoms with van der Waals surface area (Å²) in [5, 5.41) is 4.50. The molecule has 66 heavy (non-hydrogen) atoms. The number of rotatable bonds is 9. The lowest BCUT2D eigenvalue weighted by molar-refractivity contribution is 0.672. The molecule has 0 aliphatic heterocycles. The minimum Gasteiger partial charge on any atom is -0.455 e. The third-order valence-electron chi connectivity index (χ3n) is 12.5. The van der Waals surface area contributed by atoms with Crippen LogP contribution < -0.4 is 0 Å². The van der Waals surface area contributed by atoms with E-state index >= 15 is 0 Å². The second-order valence-electron chi connectivity index (χ2n) is 16.4. The predicted octanol–water partition coefficient (Wildman–Crippen LogP) is 16.6. The summed E-state index contributed by atoms with van der Waals surface area (Å²) >= 11 is 0. The van der Waals surface area contributed by atoms with Gasteiger partial charge >= 0.3 is 0 Å². The first kappa shape index (κ1) is 39.2. The lowest BCUT2D eigenvalue weighted by atomic mass is 10.0. The fourth-order valence-corrected chi connectivity index (χ4v) is 13.1. The van der Waals surface area contributed by atoms with E-state index in [1.807, 2.05) is 6.07 Å². The van der Waals surface area contributed by atoms with Gasteiger partial charge in [-0.3, -0.25) is 0 Å². The summed E-state index contributed by atoms with van der Waals surface area (Å²) in [6, 6.07) is 88.2. The van der Waals surface area contributed by atoms with Crippen molar-refractivity contribution in [2.45, 2.75) is 19.6 Å².